The van der Waals surface area contributed by atoms with Gasteiger partial charge in [0.1, 0.15) is 10.5 Å². The Hall–Kier alpha value is -1.00. The van der Waals surface area contributed by atoms with E-state index in [0.717, 1.165) is 28.0 Å². The SMILES string of the molecule is CCc1ccc(-c2nc(=S)c(Br)c(C)[nH]2)cc1. The van der Waals surface area contributed by atoms with E-state index in [0.29, 0.717) is 4.64 Å². The van der Waals surface area contributed by atoms with E-state index < -0.39 is 0 Å². The smallest absolute Gasteiger partial charge is 0.144 e. The van der Waals surface area contributed by atoms with Gasteiger partial charge in [0, 0.05) is 11.3 Å². The Bertz CT molecular complexity index is 587. The zero-order chi connectivity index (χ0) is 12.4. The Balaban J connectivity index is 2.49. The summed E-state index contributed by atoms with van der Waals surface area (Å²) in [6, 6.07) is 8.37. The van der Waals surface area contributed by atoms with Crippen molar-refractivity contribution in [3.63, 3.8) is 0 Å². The molecule has 1 N–H and O–H groups in total. The normalized spacial score (nSPS) is 10.5. The van der Waals surface area contributed by atoms with Gasteiger partial charge in [-0.3, -0.25) is 0 Å². The van der Waals surface area contributed by atoms with Crippen LogP contribution < -0.4 is 0 Å². The Labute approximate surface area is 114 Å². The molecule has 4 heteroatoms. The standard InChI is InChI=1S/C13H13BrN2S/c1-3-9-4-6-10(7-5-9)12-15-8(2)11(14)13(17)16-12/h4-7H,3H2,1-2H3,(H,15,16,17). The maximum atomic E-state index is 5.20. The van der Waals surface area contributed by atoms with Crippen LogP contribution in [0.15, 0.2) is 28.7 Å². The summed E-state index contributed by atoms with van der Waals surface area (Å²) in [5, 5.41) is 0. The summed E-state index contributed by atoms with van der Waals surface area (Å²) in [6.07, 6.45) is 1.04. The van der Waals surface area contributed by atoms with Crippen molar-refractivity contribution in [1.29, 1.82) is 0 Å². The summed E-state index contributed by atoms with van der Waals surface area (Å²) in [5.41, 5.74) is 3.38. The van der Waals surface area contributed by atoms with Crippen LogP contribution in [0.5, 0.6) is 0 Å². The fourth-order valence-corrected chi connectivity index (χ4v) is 2.04. The van der Waals surface area contributed by atoms with Crippen LogP contribution in [0.4, 0.5) is 0 Å². The molecule has 0 aliphatic heterocycles. The molecule has 0 aliphatic rings. The molecule has 2 nitrogen and oxygen atoms in total. The van der Waals surface area contributed by atoms with Crippen molar-refractivity contribution in [2.24, 2.45) is 0 Å². The molecule has 1 heterocycles. The molecule has 0 unspecified atom stereocenters. The molecule has 17 heavy (non-hydrogen) atoms. The molecule has 1 aromatic heterocycles. The first-order valence-electron chi connectivity index (χ1n) is 5.47. The fourth-order valence-electron chi connectivity index (χ4n) is 1.61. The molecule has 1 aromatic carbocycles. The molecule has 0 bridgehead atoms. The Morgan fingerprint density at radius 1 is 1.29 bits per heavy atom. The number of H-pyrrole nitrogens is 1. The van der Waals surface area contributed by atoms with E-state index in [4.69, 9.17) is 12.2 Å². The molecule has 2 rings (SSSR count). The van der Waals surface area contributed by atoms with Crippen molar-refractivity contribution in [1.82, 2.24) is 9.97 Å². The topological polar surface area (TPSA) is 28.7 Å². The molecule has 0 spiro atoms. The van der Waals surface area contributed by atoms with Gasteiger partial charge in [-0.05, 0) is 34.8 Å². The van der Waals surface area contributed by atoms with Crippen LogP contribution in [0.1, 0.15) is 18.2 Å². The number of halogens is 1. The van der Waals surface area contributed by atoms with E-state index in [1.54, 1.807) is 0 Å². The number of aromatic nitrogens is 2. The fraction of sp³-hybridized carbons (Fsp3) is 0.231. The molecule has 0 radical (unpaired) electrons. The molecule has 0 saturated carbocycles. The first kappa shape index (κ1) is 12.5. The third-order valence-electron chi connectivity index (χ3n) is 2.67. The maximum absolute atomic E-state index is 5.20. The maximum Gasteiger partial charge on any atom is 0.144 e. The summed E-state index contributed by atoms with van der Waals surface area (Å²) >= 11 is 8.61. The highest BCUT2D eigenvalue weighted by molar-refractivity contribution is 9.10. The lowest BCUT2D eigenvalue weighted by Crippen LogP contribution is -1.94. The van der Waals surface area contributed by atoms with Gasteiger partial charge in [0.25, 0.3) is 0 Å². The summed E-state index contributed by atoms with van der Waals surface area (Å²) in [4.78, 5) is 7.62. The average Bonchev–Trinajstić information content (AvgIpc) is 2.35. The number of rotatable bonds is 2. The van der Waals surface area contributed by atoms with Gasteiger partial charge >= 0.3 is 0 Å². The van der Waals surface area contributed by atoms with Crippen LogP contribution in [-0.2, 0) is 6.42 Å². The van der Waals surface area contributed by atoms with Crippen LogP contribution in [0.3, 0.4) is 0 Å². The lowest BCUT2D eigenvalue weighted by Gasteiger charge is -2.05. The molecule has 0 fully saturated rings. The van der Waals surface area contributed by atoms with Gasteiger partial charge in [0.2, 0.25) is 0 Å². The molecular weight excluding hydrogens is 296 g/mol. The van der Waals surface area contributed by atoms with Gasteiger partial charge in [0.15, 0.2) is 0 Å². The largest absolute Gasteiger partial charge is 0.342 e. The number of nitrogens with zero attached hydrogens (tertiary/aromatic N) is 1. The average molecular weight is 309 g/mol. The van der Waals surface area contributed by atoms with Crippen LogP contribution in [-0.4, -0.2) is 9.97 Å². The highest BCUT2D eigenvalue weighted by Gasteiger charge is 2.04. The van der Waals surface area contributed by atoms with E-state index >= 15 is 0 Å². The van der Waals surface area contributed by atoms with Crippen LogP contribution in [0.2, 0.25) is 0 Å². The zero-order valence-corrected chi connectivity index (χ0v) is 12.2. The second-order valence-corrected chi connectivity index (χ2v) is 5.06. The van der Waals surface area contributed by atoms with Gasteiger partial charge in [0.05, 0.1) is 4.47 Å². The van der Waals surface area contributed by atoms with Crippen molar-refractivity contribution in [2.75, 3.05) is 0 Å². The van der Waals surface area contributed by atoms with Crippen molar-refractivity contribution in [3.05, 3.63) is 44.6 Å². The molecule has 88 valence electrons. The molecule has 0 aliphatic carbocycles. The minimum atomic E-state index is 0.593. The van der Waals surface area contributed by atoms with Crippen LogP contribution >= 0.6 is 28.1 Å². The third kappa shape index (κ3) is 2.64. The second kappa shape index (κ2) is 5.10. The summed E-state index contributed by atoms with van der Waals surface area (Å²) in [5.74, 6) is 0.818. The van der Waals surface area contributed by atoms with Gasteiger partial charge in [-0.15, -0.1) is 0 Å². The van der Waals surface area contributed by atoms with E-state index in [9.17, 15) is 0 Å². The quantitative estimate of drug-likeness (QED) is 0.831. The summed E-state index contributed by atoms with van der Waals surface area (Å²) in [7, 11) is 0. The molecular formula is C13H13BrN2S. The zero-order valence-electron chi connectivity index (χ0n) is 9.75. The number of benzene rings is 1. The molecule has 2 aromatic rings. The van der Waals surface area contributed by atoms with E-state index in [-0.39, 0.29) is 0 Å². The summed E-state index contributed by atoms with van der Waals surface area (Å²) < 4.78 is 1.46. The molecule has 0 saturated heterocycles. The Morgan fingerprint density at radius 3 is 2.47 bits per heavy atom. The third-order valence-corrected chi connectivity index (χ3v) is 4.20. The van der Waals surface area contributed by atoms with Crippen molar-refractivity contribution < 1.29 is 0 Å². The van der Waals surface area contributed by atoms with Crippen molar-refractivity contribution in [2.45, 2.75) is 20.3 Å². The number of aromatic amines is 1. The highest BCUT2D eigenvalue weighted by Crippen LogP contribution is 2.21. The first-order chi connectivity index (χ1) is 8.11. The lowest BCUT2D eigenvalue weighted by molar-refractivity contribution is 1.08. The van der Waals surface area contributed by atoms with Gasteiger partial charge in [-0.25, -0.2) is 4.98 Å². The predicted molar refractivity (Wildman–Crippen MR) is 76.7 cm³/mol. The highest BCUT2D eigenvalue weighted by atomic mass is 79.9. The van der Waals surface area contributed by atoms with E-state index in [1.807, 2.05) is 6.92 Å². The van der Waals surface area contributed by atoms with Gasteiger partial charge in [-0.2, -0.15) is 0 Å². The number of nitrogens with one attached hydrogen (secondary N) is 1. The lowest BCUT2D eigenvalue weighted by atomic mass is 10.1. The minimum absolute atomic E-state index is 0.593. The Kier molecular flexibility index (Phi) is 3.74. The van der Waals surface area contributed by atoms with Crippen LogP contribution in [0.25, 0.3) is 11.4 Å². The Morgan fingerprint density at radius 2 is 1.94 bits per heavy atom. The van der Waals surface area contributed by atoms with Crippen molar-refractivity contribution >= 4 is 28.1 Å². The second-order valence-electron chi connectivity index (χ2n) is 3.88. The molecule has 0 atom stereocenters. The van der Waals surface area contributed by atoms with Gasteiger partial charge < -0.3 is 4.98 Å². The van der Waals surface area contributed by atoms with E-state index in [2.05, 4.69) is 57.1 Å². The molecule has 0 amide bonds. The number of hydrogen-bond donors (Lipinski definition) is 1. The summed E-state index contributed by atoms with van der Waals surface area (Å²) in [6.45, 7) is 4.12. The van der Waals surface area contributed by atoms with Crippen molar-refractivity contribution in [3.8, 4) is 11.4 Å². The van der Waals surface area contributed by atoms with Crippen LogP contribution in [0, 0.1) is 11.6 Å². The van der Waals surface area contributed by atoms with E-state index in [1.165, 1.54) is 5.56 Å². The van der Waals surface area contributed by atoms with Gasteiger partial charge in [-0.1, -0.05) is 43.4 Å². The minimum Gasteiger partial charge on any atom is -0.342 e. The predicted octanol–water partition coefficient (Wildman–Crippen LogP) is 4.44. The number of aryl methyl sites for hydroxylation is 2. The first-order valence-corrected chi connectivity index (χ1v) is 6.67. The number of hydrogen-bond acceptors (Lipinski definition) is 2. The monoisotopic (exact) mass is 308 g/mol.